The van der Waals surface area contributed by atoms with E-state index in [1.54, 1.807) is 0 Å². The van der Waals surface area contributed by atoms with Gasteiger partial charge >= 0.3 is 0 Å². The summed E-state index contributed by atoms with van der Waals surface area (Å²) in [6.07, 6.45) is 7.09. The van der Waals surface area contributed by atoms with Gasteiger partial charge in [-0.3, -0.25) is 0 Å². The maximum Gasteiger partial charge on any atom is 0.0693 e. The van der Waals surface area contributed by atoms with E-state index in [0.29, 0.717) is 6.04 Å². The van der Waals surface area contributed by atoms with Gasteiger partial charge in [0.2, 0.25) is 0 Å². The minimum absolute atomic E-state index is 0.0772. The Morgan fingerprint density at radius 3 is 2.75 bits per heavy atom. The zero-order chi connectivity index (χ0) is 8.81. The smallest absolute Gasteiger partial charge is 0.0693 e. The molecule has 0 bridgehead atoms. The average molecular weight is 171 g/mol. The summed E-state index contributed by atoms with van der Waals surface area (Å²) in [4.78, 5) is 0. The molecule has 2 heteroatoms. The molecule has 2 unspecified atom stereocenters. The summed E-state index contributed by atoms with van der Waals surface area (Å²) in [6.45, 7) is 3.29. The maximum absolute atomic E-state index is 9.48. The van der Waals surface area contributed by atoms with Gasteiger partial charge in [-0.25, -0.2) is 0 Å². The van der Waals surface area contributed by atoms with Crippen LogP contribution in [0, 0.1) is 0 Å². The van der Waals surface area contributed by atoms with Gasteiger partial charge in [0, 0.05) is 6.04 Å². The van der Waals surface area contributed by atoms with Gasteiger partial charge < -0.3 is 10.4 Å². The van der Waals surface area contributed by atoms with Crippen LogP contribution in [0.2, 0.25) is 0 Å². The Labute approximate surface area is 75.4 Å². The molecule has 1 aliphatic rings. The first-order valence-electron chi connectivity index (χ1n) is 5.26. The van der Waals surface area contributed by atoms with Crippen molar-refractivity contribution in [3.63, 3.8) is 0 Å². The molecule has 1 saturated carbocycles. The van der Waals surface area contributed by atoms with Crippen molar-refractivity contribution in [3.8, 4) is 0 Å². The molecule has 72 valence electrons. The molecule has 0 amide bonds. The van der Waals surface area contributed by atoms with E-state index < -0.39 is 0 Å². The van der Waals surface area contributed by atoms with E-state index >= 15 is 0 Å². The molecule has 2 nitrogen and oxygen atoms in total. The third-order valence-electron chi connectivity index (χ3n) is 2.67. The monoisotopic (exact) mass is 171 g/mol. The number of rotatable bonds is 5. The molecule has 0 aromatic heterocycles. The summed E-state index contributed by atoms with van der Waals surface area (Å²) in [5, 5.41) is 12.9. The standard InChI is InChI=1S/C10H21NO/c1-2-3-4-8-11-9-6-5-7-10(9)12/h9-12H,2-8H2,1H3. The Kier molecular flexibility index (Phi) is 4.62. The molecule has 0 radical (unpaired) electrons. The Bertz CT molecular complexity index is 116. The van der Waals surface area contributed by atoms with Crippen molar-refractivity contribution in [1.29, 1.82) is 0 Å². The molecule has 0 saturated heterocycles. The van der Waals surface area contributed by atoms with Crippen LogP contribution in [-0.2, 0) is 0 Å². The number of hydrogen-bond donors (Lipinski definition) is 2. The van der Waals surface area contributed by atoms with Gasteiger partial charge in [0.25, 0.3) is 0 Å². The molecule has 0 aromatic rings. The van der Waals surface area contributed by atoms with Crippen LogP contribution in [-0.4, -0.2) is 23.8 Å². The normalized spacial score (nSPS) is 29.5. The highest BCUT2D eigenvalue weighted by molar-refractivity contribution is 4.82. The molecule has 2 atom stereocenters. The predicted molar refractivity (Wildman–Crippen MR) is 51.2 cm³/mol. The molecule has 0 aromatic carbocycles. The van der Waals surface area contributed by atoms with Crippen molar-refractivity contribution in [3.05, 3.63) is 0 Å². The lowest BCUT2D eigenvalue weighted by Crippen LogP contribution is -2.36. The van der Waals surface area contributed by atoms with Gasteiger partial charge in [-0.05, 0) is 32.2 Å². The van der Waals surface area contributed by atoms with Gasteiger partial charge in [-0.15, -0.1) is 0 Å². The Morgan fingerprint density at radius 1 is 1.33 bits per heavy atom. The minimum atomic E-state index is -0.0772. The molecule has 0 spiro atoms. The number of aliphatic hydroxyl groups excluding tert-OH is 1. The molecule has 12 heavy (non-hydrogen) atoms. The summed E-state index contributed by atoms with van der Waals surface area (Å²) in [7, 11) is 0. The third-order valence-corrected chi connectivity index (χ3v) is 2.67. The first-order chi connectivity index (χ1) is 5.84. The van der Waals surface area contributed by atoms with Crippen LogP contribution in [0.25, 0.3) is 0 Å². The van der Waals surface area contributed by atoms with E-state index in [1.807, 2.05) is 0 Å². The van der Waals surface area contributed by atoms with E-state index in [2.05, 4.69) is 12.2 Å². The second-order valence-corrected chi connectivity index (χ2v) is 3.77. The average Bonchev–Trinajstić information content (AvgIpc) is 2.46. The Morgan fingerprint density at radius 2 is 2.17 bits per heavy atom. The summed E-state index contributed by atoms with van der Waals surface area (Å²) in [6, 6.07) is 0.391. The molecule has 0 heterocycles. The number of aliphatic hydroxyl groups is 1. The lowest BCUT2D eigenvalue weighted by molar-refractivity contribution is 0.149. The first-order valence-corrected chi connectivity index (χ1v) is 5.26. The predicted octanol–water partition coefficient (Wildman–Crippen LogP) is 1.68. The molecule has 1 rings (SSSR count). The summed E-state index contributed by atoms with van der Waals surface area (Å²) < 4.78 is 0. The van der Waals surface area contributed by atoms with E-state index in [-0.39, 0.29) is 6.10 Å². The van der Waals surface area contributed by atoms with Crippen molar-refractivity contribution < 1.29 is 5.11 Å². The lowest BCUT2D eigenvalue weighted by Gasteiger charge is -2.15. The quantitative estimate of drug-likeness (QED) is 0.617. The van der Waals surface area contributed by atoms with Crippen LogP contribution in [0.1, 0.15) is 45.4 Å². The van der Waals surface area contributed by atoms with Crippen LogP contribution in [0.3, 0.4) is 0 Å². The fourth-order valence-corrected chi connectivity index (χ4v) is 1.84. The van der Waals surface area contributed by atoms with E-state index in [0.717, 1.165) is 19.4 Å². The first kappa shape index (κ1) is 10.0. The molecule has 2 N–H and O–H groups in total. The number of unbranched alkanes of at least 4 members (excludes halogenated alkanes) is 2. The zero-order valence-electron chi connectivity index (χ0n) is 8.05. The van der Waals surface area contributed by atoms with Crippen LogP contribution in [0.5, 0.6) is 0 Å². The Balaban J connectivity index is 1.98. The maximum atomic E-state index is 9.48. The summed E-state index contributed by atoms with van der Waals surface area (Å²) >= 11 is 0. The van der Waals surface area contributed by atoms with Crippen LogP contribution >= 0.6 is 0 Å². The Hall–Kier alpha value is -0.0800. The second kappa shape index (κ2) is 5.55. The molecular weight excluding hydrogens is 150 g/mol. The lowest BCUT2D eigenvalue weighted by atomic mass is 10.2. The van der Waals surface area contributed by atoms with Gasteiger partial charge in [-0.1, -0.05) is 19.8 Å². The van der Waals surface area contributed by atoms with E-state index in [4.69, 9.17) is 0 Å². The highest BCUT2D eigenvalue weighted by Crippen LogP contribution is 2.18. The van der Waals surface area contributed by atoms with E-state index in [9.17, 15) is 5.11 Å². The topological polar surface area (TPSA) is 32.3 Å². The number of hydrogen-bond acceptors (Lipinski definition) is 2. The zero-order valence-corrected chi connectivity index (χ0v) is 8.05. The third kappa shape index (κ3) is 3.11. The van der Waals surface area contributed by atoms with Gasteiger partial charge in [0.15, 0.2) is 0 Å². The molecule has 0 aliphatic heterocycles. The number of nitrogens with one attached hydrogen (secondary N) is 1. The van der Waals surface area contributed by atoms with Crippen LogP contribution in [0.15, 0.2) is 0 Å². The van der Waals surface area contributed by atoms with Crippen molar-refractivity contribution in [2.45, 2.75) is 57.6 Å². The largest absolute Gasteiger partial charge is 0.392 e. The fraction of sp³-hybridized carbons (Fsp3) is 1.00. The van der Waals surface area contributed by atoms with Gasteiger partial charge in [-0.2, -0.15) is 0 Å². The van der Waals surface area contributed by atoms with E-state index in [1.165, 1.54) is 25.7 Å². The van der Waals surface area contributed by atoms with Crippen LogP contribution < -0.4 is 5.32 Å². The molecule has 1 fully saturated rings. The van der Waals surface area contributed by atoms with Crippen LogP contribution in [0.4, 0.5) is 0 Å². The second-order valence-electron chi connectivity index (χ2n) is 3.77. The minimum Gasteiger partial charge on any atom is -0.392 e. The van der Waals surface area contributed by atoms with Crippen molar-refractivity contribution in [2.75, 3.05) is 6.54 Å². The molecular formula is C10H21NO. The SMILES string of the molecule is CCCCCNC1CCCC1O. The van der Waals surface area contributed by atoms with Gasteiger partial charge in [0.05, 0.1) is 6.10 Å². The van der Waals surface area contributed by atoms with Crippen molar-refractivity contribution in [2.24, 2.45) is 0 Å². The molecule has 1 aliphatic carbocycles. The summed E-state index contributed by atoms with van der Waals surface area (Å²) in [5.41, 5.74) is 0. The van der Waals surface area contributed by atoms with Crippen molar-refractivity contribution in [1.82, 2.24) is 5.32 Å². The fourth-order valence-electron chi connectivity index (χ4n) is 1.84. The van der Waals surface area contributed by atoms with Gasteiger partial charge in [0.1, 0.15) is 0 Å². The van der Waals surface area contributed by atoms with Crippen molar-refractivity contribution >= 4 is 0 Å². The summed E-state index contributed by atoms with van der Waals surface area (Å²) in [5.74, 6) is 0. The highest BCUT2D eigenvalue weighted by atomic mass is 16.3. The highest BCUT2D eigenvalue weighted by Gasteiger charge is 2.23.